The Balaban J connectivity index is 4.42. The molecule has 0 aliphatic rings. The van der Waals surface area contributed by atoms with Gasteiger partial charge in [0.25, 0.3) is 0 Å². The molecule has 0 N–H and O–H groups in total. The van der Waals surface area contributed by atoms with Crippen molar-refractivity contribution in [3.05, 3.63) is 170 Å². The van der Waals surface area contributed by atoms with Crippen molar-refractivity contribution < 1.29 is 28.6 Å². The van der Waals surface area contributed by atoms with E-state index in [1.54, 1.807) is 0 Å². The Labute approximate surface area is 504 Å². The molecule has 82 heavy (non-hydrogen) atoms. The molecule has 0 radical (unpaired) electrons. The first-order valence-corrected chi connectivity index (χ1v) is 33.1. The minimum atomic E-state index is -0.820. The number of esters is 3. The maximum absolute atomic E-state index is 12.9. The second-order valence-corrected chi connectivity index (χ2v) is 21.3. The molecule has 0 heterocycles. The number of carbonyl (C=O) groups excluding carboxylic acids is 3. The van der Waals surface area contributed by atoms with Gasteiger partial charge in [-0.3, -0.25) is 14.4 Å². The molecule has 460 valence electrons. The van der Waals surface area contributed by atoms with Crippen molar-refractivity contribution in [2.75, 3.05) is 13.2 Å². The van der Waals surface area contributed by atoms with E-state index < -0.39 is 6.10 Å². The average Bonchev–Trinajstić information content (AvgIpc) is 3.47. The monoisotopic (exact) mass is 1130 g/mol. The first kappa shape index (κ1) is 76.8. The lowest BCUT2D eigenvalue weighted by Gasteiger charge is -2.18. The first-order valence-electron chi connectivity index (χ1n) is 33.1. The molecule has 0 spiro atoms. The van der Waals surface area contributed by atoms with Crippen LogP contribution in [0.5, 0.6) is 0 Å². The van der Waals surface area contributed by atoms with Gasteiger partial charge in [-0.2, -0.15) is 0 Å². The number of ether oxygens (including phenoxy) is 3. The van der Waals surface area contributed by atoms with E-state index >= 15 is 0 Å². The smallest absolute Gasteiger partial charge is 0.306 e. The van der Waals surface area contributed by atoms with Crippen LogP contribution < -0.4 is 0 Å². The van der Waals surface area contributed by atoms with Gasteiger partial charge in [-0.25, -0.2) is 0 Å². The van der Waals surface area contributed by atoms with Crippen molar-refractivity contribution in [1.82, 2.24) is 0 Å². The van der Waals surface area contributed by atoms with Gasteiger partial charge in [0.15, 0.2) is 6.10 Å². The Morgan fingerprint density at radius 3 is 0.793 bits per heavy atom. The molecule has 0 fully saturated rings. The second kappa shape index (κ2) is 68.3. The first-order chi connectivity index (χ1) is 40.5. The second-order valence-electron chi connectivity index (χ2n) is 21.3. The topological polar surface area (TPSA) is 78.9 Å². The van der Waals surface area contributed by atoms with Crippen molar-refractivity contribution in [2.24, 2.45) is 0 Å². The molecule has 0 aromatic heterocycles. The number of rotatable bonds is 58. The van der Waals surface area contributed by atoms with E-state index in [1.165, 1.54) is 83.5 Å². The molecule has 0 saturated heterocycles. The van der Waals surface area contributed by atoms with Crippen molar-refractivity contribution in [1.29, 1.82) is 0 Å². The van der Waals surface area contributed by atoms with Crippen LogP contribution in [0.4, 0.5) is 0 Å². The maximum atomic E-state index is 12.9. The van der Waals surface area contributed by atoms with Gasteiger partial charge in [0.1, 0.15) is 13.2 Å². The number of allylic oxidation sites excluding steroid dienone is 28. The van der Waals surface area contributed by atoms with E-state index in [0.717, 1.165) is 141 Å². The van der Waals surface area contributed by atoms with Gasteiger partial charge in [0.05, 0.1) is 0 Å². The summed E-state index contributed by atoms with van der Waals surface area (Å²) in [6.45, 7) is 6.34. The van der Waals surface area contributed by atoms with Crippen molar-refractivity contribution in [3.63, 3.8) is 0 Å². The van der Waals surface area contributed by atoms with Crippen LogP contribution in [0, 0.1) is 0 Å². The Bertz CT molecular complexity index is 1870. The van der Waals surface area contributed by atoms with Crippen LogP contribution in [0.25, 0.3) is 0 Å². The van der Waals surface area contributed by atoms with Crippen molar-refractivity contribution in [3.8, 4) is 0 Å². The maximum Gasteiger partial charge on any atom is 0.306 e. The lowest BCUT2D eigenvalue weighted by Crippen LogP contribution is -2.30. The highest BCUT2D eigenvalue weighted by atomic mass is 16.6. The Morgan fingerprint density at radius 2 is 0.476 bits per heavy atom. The summed E-state index contributed by atoms with van der Waals surface area (Å²) in [6, 6.07) is 0. The van der Waals surface area contributed by atoms with E-state index in [4.69, 9.17) is 14.2 Å². The van der Waals surface area contributed by atoms with E-state index in [-0.39, 0.29) is 37.5 Å². The third-order valence-corrected chi connectivity index (χ3v) is 13.4. The molecule has 0 aromatic rings. The zero-order chi connectivity index (χ0) is 59.2. The van der Waals surface area contributed by atoms with Gasteiger partial charge in [0, 0.05) is 19.3 Å². The lowest BCUT2D eigenvalue weighted by atomic mass is 10.1. The van der Waals surface area contributed by atoms with Crippen LogP contribution in [0.15, 0.2) is 170 Å². The highest BCUT2D eigenvalue weighted by Crippen LogP contribution is 2.14. The highest BCUT2D eigenvalue weighted by Gasteiger charge is 2.19. The summed E-state index contributed by atoms with van der Waals surface area (Å²) in [5, 5.41) is 0. The number of hydrogen-bond donors (Lipinski definition) is 0. The lowest BCUT2D eigenvalue weighted by molar-refractivity contribution is -0.167. The fourth-order valence-electron chi connectivity index (χ4n) is 8.54. The predicted molar refractivity (Wildman–Crippen MR) is 357 cm³/mol. The summed E-state index contributed by atoms with van der Waals surface area (Å²) >= 11 is 0. The molecule has 0 amide bonds. The molecule has 0 aliphatic carbocycles. The zero-order valence-electron chi connectivity index (χ0n) is 52.7. The van der Waals surface area contributed by atoms with Gasteiger partial charge < -0.3 is 14.2 Å². The quantitative estimate of drug-likeness (QED) is 0.0261. The average molecular weight is 1130 g/mol. The van der Waals surface area contributed by atoms with E-state index in [9.17, 15) is 14.4 Å². The molecule has 0 aliphatic heterocycles. The normalized spacial score (nSPS) is 13.3. The minimum Gasteiger partial charge on any atom is -0.462 e. The van der Waals surface area contributed by atoms with Crippen LogP contribution in [0.3, 0.4) is 0 Å². The van der Waals surface area contributed by atoms with Crippen LogP contribution in [-0.4, -0.2) is 37.2 Å². The summed E-state index contributed by atoms with van der Waals surface area (Å²) < 4.78 is 16.8. The Morgan fingerprint density at radius 1 is 0.256 bits per heavy atom. The summed E-state index contributed by atoms with van der Waals surface area (Å²) in [6.07, 6.45) is 101. The highest BCUT2D eigenvalue weighted by molar-refractivity contribution is 5.71. The minimum absolute atomic E-state index is 0.115. The van der Waals surface area contributed by atoms with Crippen molar-refractivity contribution in [2.45, 2.75) is 277 Å². The molecule has 1 atom stereocenters. The Hall–Kier alpha value is -5.23. The molecule has 0 rings (SSSR count). The van der Waals surface area contributed by atoms with Gasteiger partial charge in [-0.15, -0.1) is 0 Å². The Kier molecular flexibility index (Phi) is 63.9. The molecule has 1 unspecified atom stereocenters. The van der Waals surface area contributed by atoms with Crippen LogP contribution in [0.1, 0.15) is 271 Å². The third-order valence-electron chi connectivity index (χ3n) is 13.4. The van der Waals surface area contributed by atoms with Gasteiger partial charge in [-0.1, -0.05) is 268 Å². The largest absolute Gasteiger partial charge is 0.462 e. The van der Waals surface area contributed by atoms with Gasteiger partial charge in [-0.05, 0) is 154 Å². The van der Waals surface area contributed by atoms with E-state index in [2.05, 4.69) is 191 Å². The molecule has 0 saturated carbocycles. The summed E-state index contributed by atoms with van der Waals surface area (Å²) in [5.74, 6) is -0.995. The third kappa shape index (κ3) is 65.6. The summed E-state index contributed by atoms with van der Waals surface area (Å²) in [7, 11) is 0. The van der Waals surface area contributed by atoms with Crippen LogP contribution >= 0.6 is 0 Å². The van der Waals surface area contributed by atoms with Crippen molar-refractivity contribution >= 4 is 17.9 Å². The fraction of sp³-hybridized carbons (Fsp3) is 0.592. The molecular formula is C76H120O6. The zero-order valence-corrected chi connectivity index (χ0v) is 52.7. The number of carbonyl (C=O) groups is 3. The van der Waals surface area contributed by atoms with Crippen LogP contribution in [0.2, 0.25) is 0 Å². The standard InChI is InChI=1S/C76H120O6/c1-4-7-10-13-16-19-22-25-27-29-31-32-33-34-35-36-37-38-39-40-41-42-43-44-45-47-48-51-54-57-60-63-66-69-75(78)81-72-73(71-80-74(77)68-65-62-59-56-53-50-24-21-18-15-12-9-6-3)82-76(79)70-67-64-61-58-55-52-49-46-30-28-26-23-20-17-14-11-8-5-2/h7,9-10,12,16,18-19,21,25,27-28,30-32,34-35,37-38,40-41,43-44,47-48,50,53-54,57,73H,4-6,8,11,13-15,17,20,22-24,26,29,33,36,39,42,45-46,49,51-52,55-56,58-72H2,1-3H3/b10-7-,12-9-,19-16-,21-18-,27-25-,30-28-,32-31-,35-34-,38-37-,41-40-,44-43-,48-47-,53-50-,57-54-. The SMILES string of the molecule is CC/C=C\C/C=C\C/C=C\C/C=C\C/C=C\C/C=C\C/C=C\C/C=C\C/C=C\C/C=C\CCCCC(=O)OCC(COC(=O)CCCCC/C=C\C/C=C\C/C=C\CC)OC(=O)CCCCCCCCC/C=C\CCCCCCCCC. The predicted octanol–water partition coefficient (Wildman–Crippen LogP) is 23.0. The van der Waals surface area contributed by atoms with E-state index in [1.807, 2.05) is 0 Å². The molecule has 6 heteroatoms. The molecule has 0 bridgehead atoms. The molecular weight excluding hydrogens is 1010 g/mol. The number of unbranched alkanes of at least 4 members (excludes halogenated alkanes) is 19. The number of hydrogen-bond acceptors (Lipinski definition) is 6. The van der Waals surface area contributed by atoms with Gasteiger partial charge >= 0.3 is 17.9 Å². The fourth-order valence-corrected chi connectivity index (χ4v) is 8.54. The van der Waals surface area contributed by atoms with E-state index in [0.29, 0.717) is 19.3 Å². The van der Waals surface area contributed by atoms with Gasteiger partial charge in [0.2, 0.25) is 0 Å². The molecule has 6 nitrogen and oxygen atoms in total. The van der Waals surface area contributed by atoms with Crippen LogP contribution in [-0.2, 0) is 28.6 Å². The summed E-state index contributed by atoms with van der Waals surface area (Å²) in [4.78, 5) is 38.3. The molecule has 0 aromatic carbocycles. The summed E-state index contributed by atoms with van der Waals surface area (Å²) in [5.41, 5.74) is 0.